The van der Waals surface area contributed by atoms with E-state index in [0.29, 0.717) is 22.0 Å². The van der Waals surface area contributed by atoms with Crippen molar-refractivity contribution >= 4 is 39.6 Å². The zero-order chi connectivity index (χ0) is 20.4. The van der Waals surface area contributed by atoms with Crippen LogP contribution in [0.2, 0.25) is 5.02 Å². The van der Waals surface area contributed by atoms with Gasteiger partial charge in [0.1, 0.15) is 12.5 Å². The molecule has 0 aliphatic carbocycles. The van der Waals surface area contributed by atoms with Crippen molar-refractivity contribution in [2.75, 3.05) is 24.0 Å². The van der Waals surface area contributed by atoms with Crippen LogP contribution in [-0.2, 0) is 0 Å². The first-order valence-electron chi connectivity index (χ1n) is 8.96. The molecule has 0 spiro atoms. The van der Waals surface area contributed by atoms with Crippen molar-refractivity contribution in [1.29, 1.82) is 0 Å². The second kappa shape index (κ2) is 8.03. The van der Waals surface area contributed by atoms with Gasteiger partial charge < -0.3 is 15.3 Å². The molecular formula is C22H18ClFN4O. The number of aromatic nitrogens is 2. The normalized spacial score (nSPS) is 10.9. The van der Waals surface area contributed by atoms with Gasteiger partial charge in [-0.1, -0.05) is 29.8 Å². The Balaban J connectivity index is 1.93. The van der Waals surface area contributed by atoms with Gasteiger partial charge in [-0.25, -0.2) is 9.37 Å². The summed E-state index contributed by atoms with van der Waals surface area (Å²) in [6.45, 7) is -0.220. The first kappa shape index (κ1) is 19.1. The molecule has 2 N–H and O–H groups in total. The van der Waals surface area contributed by atoms with E-state index >= 15 is 0 Å². The summed E-state index contributed by atoms with van der Waals surface area (Å²) in [6.07, 6.45) is 3.32. The number of nitrogens with one attached hydrogen (secondary N) is 1. The lowest BCUT2D eigenvalue weighted by atomic mass is 10.1. The minimum atomic E-state index is -0.391. The Labute approximate surface area is 172 Å². The first-order valence-corrected chi connectivity index (χ1v) is 9.34. The van der Waals surface area contributed by atoms with Crippen LogP contribution in [0, 0.1) is 5.82 Å². The molecule has 0 unspecified atom stereocenters. The molecule has 0 aliphatic rings. The summed E-state index contributed by atoms with van der Waals surface area (Å²) in [6, 6.07) is 15.8. The predicted octanol–water partition coefficient (Wildman–Crippen LogP) is 5.22. The largest absolute Gasteiger partial charge is 0.377 e. The number of pyridine rings is 2. The van der Waals surface area contributed by atoms with E-state index in [4.69, 9.17) is 11.6 Å². The Morgan fingerprint density at radius 1 is 1.10 bits per heavy atom. The summed E-state index contributed by atoms with van der Waals surface area (Å²) < 4.78 is 14.5. The third-order valence-corrected chi connectivity index (χ3v) is 4.92. The van der Waals surface area contributed by atoms with E-state index in [-0.39, 0.29) is 6.73 Å². The topological polar surface area (TPSA) is 61.3 Å². The van der Waals surface area contributed by atoms with Crippen molar-refractivity contribution in [3.8, 4) is 11.3 Å². The van der Waals surface area contributed by atoms with Crippen LogP contribution in [0.25, 0.3) is 22.2 Å². The van der Waals surface area contributed by atoms with E-state index in [9.17, 15) is 9.50 Å². The number of aliphatic hydroxyl groups is 1. The zero-order valence-electron chi connectivity index (χ0n) is 15.6. The molecule has 0 amide bonds. The van der Waals surface area contributed by atoms with Gasteiger partial charge in [0.2, 0.25) is 0 Å². The summed E-state index contributed by atoms with van der Waals surface area (Å²) in [7, 11) is 1.90. The highest BCUT2D eigenvalue weighted by molar-refractivity contribution is 6.30. The smallest absolute Gasteiger partial charge is 0.132 e. The summed E-state index contributed by atoms with van der Waals surface area (Å²) >= 11 is 6.09. The zero-order valence-corrected chi connectivity index (χ0v) is 16.4. The van der Waals surface area contributed by atoms with Gasteiger partial charge in [0.15, 0.2) is 0 Å². The van der Waals surface area contributed by atoms with Gasteiger partial charge in [-0.3, -0.25) is 4.98 Å². The minimum absolute atomic E-state index is 0.220. The van der Waals surface area contributed by atoms with E-state index in [1.807, 2.05) is 48.3 Å². The van der Waals surface area contributed by atoms with Gasteiger partial charge in [-0.2, -0.15) is 0 Å². The first-order chi connectivity index (χ1) is 14.1. The van der Waals surface area contributed by atoms with Crippen LogP contribution < -0.4 is 10.2 Å². The van der Waals surface area contributed by atoms with Gasteiger partial charge in [-0.15, -0.1) is 0 Å². The Morgan fingerprint density at radius 2 is 1.93 bits per heavy atom. The van der Waals surface area contributed by atoms with Gasteiger partial charge in [0.05, 0.1) is 34.5 Å². The minimum Gasteiger partial charge on any atom is -0.377 e. The Morgan fingerprint density at radius 3 is 2.76 bits per heavy atom. The van der Waals surface area contributed by atoms with Gasteiger partial charge >= 0.3 is 0 Å². The van der Waals surface area contributed by atoms with Crippen molar-refractivity contribution in [3.63, 3.8) is 0 Å². The lowest BCUT2D eigenvalue weighted by Crippen LogP contribution is -2.14. The molecule has 0 saturated heterocycles. The van der Waals surface area contributed by atoms with Crippen molar-refractivity contribution < 1.29 is 9.50 Å². The van der Waals surface area contributed by atoms with Crippen LogP contribution in [0.1, 0.15) is 0 Å². The van der Waals surface area contributed by atoms with Gasteiger partial charge in [0.25, 0.3) is 0 Å². The average molecular weight is 409 g/mol. The molecule has 29 heavy (non-hydrogen) atoms. The fourth-order valence-corrected chi connectivity index (χ4v) is 3.47. The molecule has 4 rings (SSSR count). The average Bonchev–Trinajstić information content (AvgIpc) is 2.75. The molecule has 2 heterocycles. The number of hydrogen-bond acceptors (Lipinski definition) is 5. The molecule has 2 aromatic carbocycles. The Bertz CT molecular complexity index is 1180. The SMILES string of the molecule is CN(c1ccncc1NCO)c1cc(-c2cc(Cl)ccc2F)nc2ccccc12. The fraction of sp³-hybridized carbons (Fsp3) is 0.0909. The molecule has 0 bridgehead atoms. The van der Waals surface area contributed by atoms with Crippen molar-refractivity contribution in [1.82, 2.24) is 9.97 Å². The molecule has 0 atom stereocenters. The standard InChI is InChI=1S/C22H18ClFN4O/c1-28(21-8-9-25-12-20(21)26-13-29)22-11-19(16-10-14(23)6-7-17(16)24)27-18-5-3-2-4-15(18)22/h2-12,26,29H,13H2,1H3. The van der Waals surface area contributed by atoms with Crippen LogP contribution in [0.3, 0.4) is 0 Å². The third-order valence-electron chi connectivity index (χ3n) is 4.69. The van der Waals surface area contributed by atoms with E-state index in [1.54, 1.807) is 18.5 Å². The van der Waals surface area contributed by atoms with Gasteiger partial charge in [-0.05, 0) is 36.4 Å². The molecule has 7 heteroatoms. The monoisotopic (exact) mass is 408 g/mol. The van der Waals surface area contributed by atoms with Crippen LogP contribution in [0.4, 0.5) is 21.5 Å². The van der Waals surface area contributed by atoms with Crippen LogP contribution in [0.5, 0.6) is 0 Å². The molecule has 0 fully saturated rings. The van der Waals surface area contributed by atoms with Crippen LogP contribution in [0.15, 0.2) is 67.0 Å². The van der Waals surface area contributed by atoms with E-state index in [1.165, 1.54) is 12.1 Å². The van der Waals surface area contributed by atoms with E-state index < -0.39 is 5.82 Å². The number of hydrogen-bond donors (Lipinski definition) is 2. The van der Waals surface area contributed by atoms with E-state index in [2.05, 4.69) is 15.3 Å². The number of aliphatic hydroxyl groups excluding tert-OH is 1. The van der Waals surface area contributed by atoms with Crippen molar-refractivity contribution in [2.45, 2.75) is 0 Å². The Kier molecular flexibility index (Phi) is 5.29. The maximum absolute atomic E-state index is 14.5. The number of nitrogens with zero attached hydrogens (tertiary/aromatic N) is 3. The molecule has 0 saturated carbocycles. The highest BCUT2D eigenvalue weighted by atomic mass is 35.5. The number of anilines is 3. The Hall–Kier alpha value is -3.22. The fourth-order valence-electron chi connectivity index (χ4n) is 3.30. The molecule has 146 valence electrons. The van der Waals surface area contributed by atoms with Crippen molar-refractivity contribution in [3.05, 3.63) is 77.8 Å². The second-order valence-electron chi connectivity index (χ2n) is 6.45. The molecule has 0 radical (unpaired) electrons. The van der Waals surface area contributed by atoms with E-state index in [0.717, 1.165) is 22.3 Å². The molecule has 2 aromatic heterocycles. The maximum Gasteiger partial charge on any atom is 0.132 e. The number of fused-ring (bicyclic) bond motifs is 1. The molecule has 0 aliphatic heterocycles. The van der Waals surface area contributed by atoms with Crippen LogP contribution >= 0.6 is 11.6 Å². The van der Waals surface area contributed by atoms with Gasteiger partial charge in [0, 0.05) is 29.2 Å². The van der Waals surface area contributed by atoms with Crippen LogP contribution in [-0.4, -0.2) is 28.9 Å². The number of para-hydroxylation sites is 1. The number of benzene rings is 2. The number of rotatable bonds is 5. The summed E-state index contributed by atoms with van der Waals surface area (Å²) in [5, 5.41) is 13.5. The highest BCUT2D eigenvalue weighted by Gasteiger charge is 2.16. The quantitative estimate of drug-likeness (QED) is 0.443. The maximum atomic E-state index is 14.5. The molecule has 5 nitrogen and oxygen atoms in total. The lowest BCUT2D eigenvalue weighted by Gasteiger charge is -2.24. The highest BCUT2D eigenvalue weighted by Crippen LogP contribution is 2.37. The number of halogens is 2. The second-order valence-corrected chi connectivity index (χ2v) is 6.89. The summed E-state index contributed by atoms with van der Waals surface area (Å²) in [5.41, 5.74) is 3.86. The summed E-state index contributed by atoms with van der Waals surface area (Å²) in [5.74, 6) is -0.391. The molecular weight excluding hydrogens is 391 g/mol. The summed E-state index contributed by atoms with van der Waals surface area (Å²) in [4.78, 5) is 10.7. The lowest BCUT2D eigenvalue weighted by molar-refractivity contribution is 0.325. The molecule has 4 aromatic rings. The third kappa shape index (κ3) is 3.72. The predicted molar refractivity (Wildman–Crippen MR) is 115 cm³/mol. The van der Waals surface area contributed by atoms with Crippen molar-refractivity contribution in [2.24, 2.45) is 0 Å².